The molecule has 4 rings (SSSR count). The maximum atomic E-state index is 12.8. The molecule has 3 aromatic rings. The van der Waals surface area contributed by atoms with E-state index in [4.69, 9.17) is 0 Å². The van der Waals surface area contributed by atoms with Crippen LogP contribution in [0.2, 0.25) is 0 Å². The molecule has 0 atom stereocenters. The van der Waals surface area contributed by atoms with E-state index in [2.05, 4.69) is 42.0 Å². The highest BCUT2D eigenvalue weighted by Gasteiger charge is 2.32. The Balaban J connectivity index is 1.64. The predicted molar refractivity (Wildman–Crippen MR) is 124 cm³/mol. The van der Waals surface area contributed by atoms with Crippen LogP contribution < -0.4 is 0 Å². The lowest BCUT2D eigenvalue weighted by atomic mass is 10.0. The third-order valence-electron chi connectivity index (χ3n) is 5.01. The van der Waals surface area contributed by atoms with Crippen LogP contribution in [0.4, 0.5) is 5.13 Å². The SMILES string of the molecule is C/C(=C1/S/C(=N/c2nc(-c3ccccc3)cs2)N(C)C1=O)c1ccc(C)c(C)c1. The van der Waals surface area contributed by atoms with E-state index in [0.29, 0.717) is 15.2 Å². The molecule has 6 heteroatoms. The van der Waals surface area contributed by atoms with E-state index in [9.17, 15) is 4.79 Å². The normalized spacial score (nSPS) is 17.3. The number of hydrogen-bond acceptors (Lipinski definition) is 5. The quantitative estimate of drug-likeness (QED) is 0.485. The van der Waals surface area contributed by atoms with Crippen molar-refractivity contribution in [3.8, 4) is 11.3 Å². The number of aromatic nitrogens is 1. The highest BCUT2D eigenvalue weighted by molar-refractivity contribution is 8.18. The van der Waals surface area contributed by atoms with Crippen molar-refractivity contribution in [2.75, 3.05) is 7.05 Å². The van der Waals surface area contributed by atoms with E-state index in [1.165, 1.54) is 34.2 Å². The number of hydrogen-bond donors (Lipinski definition) is 0. The number of aryl methyl sites for hydroxylation is 2. The Morgan fingerprint density at radius 3 is 2.55 bits per heavy atom. The molecule has 1 saturated heterocycles. The van der Waals surface area contributed by atoms with Gasteiger partial charge in [0.2, 0.25) is 5.13 Å². The highest BCUT2D eigenvalue weighted by Crippen LogP contribution is 2.38. The molecule has 1 aliphatic heterocycles. The van der Waals surface area contributed by atoms with Crippen molar-refractivity contribution in [1.82, 2.24) is 9.88 Å². The number of thioether (sulfide) groups is 1. The van der Waals surface area contributed by atoms with Gasteiger partial charge < -0.3 is 0 Å². The van der Waals surface area contributed by atoms with E-state index >= 15 is 0 Å². The van der Waals surface area contributed by atoms with Crippen LogP contribution in [0.5, 0.6) is 0 Å². The second kappa shape index (κ2) is 7.97. The fourth-order valence-electron chi connectivity index (χ4n) is 3.02. The van der Waals surface area contributed by atoms with Crippen molar-refractivity contribution < 1.29 is 4.79 Å². The molecule has 1 aromatic heterocycles. The van der Waals surface area contributed by atoms with Gasteiger partial charge in [-0.3, -0.25) is 9.69 Å². The standard InChI is InChI=1S/C23H21N3OS2/c1-14-10-11-18(12-15(14)2)16(3)20-21(27)26(4)23(29-20)25-22-24-19(13-28-22)17-8-6-5-7-9-17/h5-13H,1-4H3/b20-16-,25-23+. The fourth-order valence-corrected chi connectivity index (χ4v) is 4.81. The maximum absolute atomic E-state index is 12.8. The summed E-state index contributed by atoms with van der Waals surface area (Å²) in [6.07, 6.45) is 0. The molecule has 1 amide bonds. The molecule has 4 nitrogen and oxygen atoms in total. The van der Waals surface area contributed by atoms with Gasteiger partial charge in [-0.15, -0.1) is 11.3 Å². The molecule has 2 aromatic carbocycles. The van der Waals surface area contributed by atoms with Crippen LogP contribution in [0.1, 0.15) is 23.6 Å². The first-order valence-electron chi connectivity index (χ1n) is 9.28. The number of amides is 1. The zero-order valence-electron chi connectivity index (χ0n) is 16.8. The van der Waals surface area contributed by atoms with E-state index in [1.807, 2.05) is 42.6 Å². The van der Waals surface area contributed by atoms with Crippen LogP contribution in [0.25, 0.3) is 16.8 Å². The molecule has 0 saturated carbocycles. The summed E-state index contributed by atoms with van der Waals surface area (Å²) in [5.41, 5.74) is 6.47. The first kappa shape index (κ1) is 19.6. The zero-order chi connectivity index (χ0) is 20.5. The van der Waals surface area contributed by atoms with Gasteiger partial charge in [-0.05, 0) is 54.8 Å². The van der Waals surface area contributed by atoms with E-state index in [1.54, 1.807) is 11.9 Å². The molecule has 1 fully saturated rings. The number of thiazole rings is 1. The Morgan fingerprint density at radius 2 is 1.83 bits per heavy atom. The van der Waals surface area contributed by atoms with Gasteiger partial charge in [0.25, 0.3) is 5.91 Å². The van der Waals surface area contributed by atoms with Crippen molar-refractivity contribution in [1.29, 1.82) is 0 Å². The number of nitrogens with zero attached hydrogens (tertiary/aromatic N) is 3. The summed E-state index contributed by atoms with van der Waals surface area (Å²) < 4.78 is 0. The number of likely N-dealkylation sites (N-methyl/N-ethyl adjacent to an activating group) is 1. The Labute approximate surface area is 179 Å². The van der Waals surface area contributed by atoms with Gasteiger partial charge in [-0.25, -0.2) is 4.98 Å². The van der Waals surface area contributed by atoms with Crippen LogP contribution in [-0.2, 0) is 4.79 Å². The molecule has 0 spiro atoms. The molecule has 0 radical (unpaired) electrons. The Bertz CT molecular complexity index is 1150. The molecule has 0 aliphatic carbocycles. The second-order valence-electron chi connectivity index (χ2n) is 7.00. The van der Waals surface area contributed by atoms with Crippen molar-refractivity contribution in [2.24, 2.45) is 4.99 Å². The lowest BCUT2D eigenvalue weighted by Gasteiger charge is -2.08. The predicted octanol–water partition coefficient (Wildman–Crippen LogP) is 6.05. The molecule has 29 heavy (non-hydrogen) atoms. The van der Waals surface area contributed by atoms with Crippen molar-refractivity contribution in [3.05, 3.63) is 75.5 Å². The van der Waals surface area contributed by atoms with E-state index in [0.717, 1.165) is 22.4 Å². The number of carbonyl (C=O) groups is 1. The first-order chi connectivity index (χ1) is 13.9. The highest BCUT2D eigenvalue weighted by atomic mass is 32.2. The molecule has 0 N–H and O–H groups in total. The minimum Gasteiger partial charge on any atom is -0.289 e. The van der Waals surface area contributed by atoms with Crippen LogP contribution >= 0.6 is 23.1 Å². The largest absolute Gasteiger partial charge is 0.289 e. The monoisotopic (exact) mass is 419 g/mol. The summed E-state index contributed by atoms with van der Waals surface area (Å²) in [5, 5.41) is 3.30. The molecule has 2 heterocycles. The molecule has 1 aliphatic rings. The number of carbonyl (C=O) groups excluding carboxylic acids is 1. The van der Waals surface area contributed by atoms with Gasteiger partial charge >= 0.3 is 0 Å². The molecule has 146 valence electrons. The average molecular weight is 420 g/mol. The second-order valence-corrected chi connectivity index (χ2v) is 8.81. The Kier molecular flexibility index (Phi) is 5.39. The zero-order valence-corrected chi connectivity index (χ0v) is 18.4. The van der Waals surface area contributed by atoms with Crippen molar-refractivity contribution in [3.63, 3.8) is 0 Å². The van der Waals surface area contributed by atoms with Crippen LogP contribution in [0, 0.1) is 13.8 Å². The summed E-state index contributed by atoms with van der Waals surface area (Å²) in [5.74, 6) is -0.0238. The van der Waals surface area contributed by atoms with Crippen LogP contribution in [0.3, 0.4) is 0 Å². The number of amidine groups is 1. The summed E-state index contributed by atoms with van der Waals surface area (Å²) in [6.45, 7) is 6.18. The lowest BCUT2D eigenvalue weighted by molar-refractivity contribution is -0.121. The third-order valence-corrected chi connectivity index (χ3v) is 6.98. The van der Waals surface area contributed by atoms with Gasteiger partial charge in [0.05, 0.1) is 10.6 Å². The van der Waals surface area contributed by atoms with Gasteiger partial charge in [-0.1, -0.05) is 48.5 Å². The molecule has 0 unspecified atom stereocenters. The average Bonchev–Trinajstić information content (AvgIpc) is 3.31. The van der Waals surface area contributed by atoms with Gasteiger partial charge in [0.1, 0.15) is 0 Å². The van der Waals surface area contributed by atoms with Crippen molar-refractivity contribution >= 4 is 44.9 Å². The van der Waals surface area contributed by atoms with Gasteiger partial charge in [0.15, 0.2) is 5.17 Å². The van der Waals surface area contributed by atoms with Crippen LogP contribution in [0.15, 0.2) is 63.8 Å². The van der Waals surface area contributed by atoms with E-state index < -0.39 is 0 Å². The number of rotatable bonds is 3. The minimum absolute atomic E-state index is 0.0238. The van der Waals surface area contributed by atoms with E-state index in [-0.39, 0.29) is 5.91 Å². The lowest BCUT2D eigenvalue weighted by Crippen LogP contribution is -2.23. The number of allylic oxidation sites excluding steroid dienone is 1. The van der Waals surface area contributed by atoms with Crippen LogP contribution in [-0.4, -0.2) is 28.0 Å². The fraction of sp³-hybridized carbons (Fsp3) is 0.174. The number of benzene rings is 2. The van der Waals surface area contributed by atoms with Gasteiger partial charge in [0, 0.05) is 18.0 Å². The summed E-state index contributed by atoms with van der Waals surface area (Å²) in [4.78, 5) is 24.4. The van der Waals surface area contributed by atoms with Crippen molar-refractivity contribution in [2.45, 2.75) is 20.8 Å². The third kappa shape index (κ3) is 3.91. The van der Waals surface area contributed by atoms with Gasteiger partial charge in [-0.2, -0.15) is 4.99 Å². The molecule has 0 bridgehead atoms. The smallest absolute Gasteiger partial charge is 0.266 e. The topological polar surface area (TPSA) is 45.6 Å². The summed E-state index contributed by atoms with van der Waals surface area (Å²) >= 11 is 2.89. The number of aliphatic imine (C=N–C) groups is 1. The Hall–Kier alpha value is -2.70. The molecular weight excluding hydrogens is 398 g/mol. The molecular formula is C23H21N3OS2. The summed E-state index contributed by atoms with van der Waals surface area (Å²) in [6, 6.07) is 16.3. The maximum Gasteiger partial charge on any atom is 0.266 e. The minimum atomic E-state index is -0.0238. The summed E-state index contributed by atoms with van der Waals surface area (Å²) in [7, 11) is 1.76. The Morgan fingerprint density at radius 1 is 1.07 bits per heavy atom. The first-order valence-corrected chi connectivity index (χ1v) is 11.0.